The molecule has 6 heteroatoms. The van der Waals surface area contributed by atoms with E-state index in [-0.39, 0.29) is 25.4 Å². The quantitative estimate of drug-likeness (QED) is 0.585. The van der Waals surface area contributed by atoms with E-state index in [1.54, 1.807) is 0 Å². The molecule has 2 aromatic rings. The molecular weight excluding hydrogens is 396 g/mol. The molecule has 0 radical (unpaired) electrons. The van der Waals surface area contributed by atoms with Gasteiger partial charge in [-0.3, -0.25) is 9.59 Å². The molecule has 1 unspecified atom stereocenters. The van der Waals surface area contributed by atoms with Gasteiger partial charge in [0.1, 0.15) is 6.10 Å². The van der Waals surface area contributed by atoms with Crippen LogP contribution < -0.4 is 0 Å². The van der Waals surface area contributed by atoms with Crippen molar-refractivity contribution in [3.05, 3.63) is 71.8 Å². The van der Waals surface area contributed by atoms with Crippen molar-refractivity contribution in [2.45, 2.75) is 63.4 Å². The summed E-state index contributed by atoms with van der Waals surface area (Å²) in [5.41, 5.74) is 2.34. The van der Waals surface area contributed by atoms with Crippen LogP contribution in [0.25, 0.3) is 0 Å². The van der Waals surface area contributed by atoms with Crippen LogP contribution in [0.4, 0.5) is 0 Å². The Balaban J connectivity index is 1.35. The normalized spacial score (nSPS) is 20.7. The Morgan fingerprint density at radius 2 is 1.35 bits per heavy atom. The summed E-state index contributed by atoms with van der Waals surface area (Å²) in [6, 6.07) is 19.9. The zero-order valence-electron chi connectivity index (χ0n) is 17.7. The Morgan fingerprint density at radius 3 is 1.90 bits per heavy atom. The fourth-order valence-electron chi connectivity index (χ4n) is 3.58. The van der Waals surface area contributed by atoms with Gasteiger partial charge in [-0.2, -0.15) is 0 Å². The monoisotopic (exact) mass is 426 g/mol. The number of hydrogen-bond acceptors (Lipinski definition) is 6. The number of esters is 2. The van der Waals surface area contributed by atoms with Gasteiger partial charge < -0.3 is 19.3 Å². The Morgan fingerprint density at radius 1 is 0.839 bits per heavy atom. The molecule has 2 aromatic carbocycles. The number of aliphatic hydroxyl groups is 1. The van der Waals surface area contributed by atoms with Crippen LogP contribution in [0.15, 0.2) is 60.7 Å². The number of hydrogen-bond donors (Lipinski definition) is 1. The first-order valence-corrected chi connectivity index (χ1v) is 10.9. The van der Waals surface area contributed by atoms with Crippen LogP contribution in [-0.4, -0.2) is 42.1 Å². The fraction of sp³-hybridized carbons (Fsp3) is 0.440. The van der Waals surface area contributed by atoms with Crippen molar-refractivity contribution in [2.75, 3.05) is 6.61 Å². The summed E-state index contributed by atoms with van der Waals surface area (Å²) in [6.45, 7) is 0.0909. The standard InChI is InChI=1S/C25H30O6/c26-23(15-7-13-19-9-3-1-4-10-19)30-21-17-22(25(28)29-18-21)31-24(27)16-8-14-20-11-5-2-6-12-20/h1-6,9-12,21-22,25,28H,7-8,13-18H2/t21-,22+,25?/m0/s1. The molecule has 31 heavy (non-hydrogen) atoms. The highest BCUT2D eigenvalue weighted by molar-refractivity contribution is 5.70. The van der Waals surface area contributed by atoms with Crippen LogP contribution in [-0.2, 0) is 36.6 Å². The maximum Gasteiger partial charge on any atom is 0.306 e. The minimum absolute atomic E-state index is 0.0909. The smallest absolute Gasteiger partial charge is 0.306 e. The van der Waals surface area contributed by atoms with Crippen molar-refractivity contribution in [1.82, 2.24) is 0 Å². The lowest BCUT2D eigenvalue weighted by Gasteiger charge is -2.32. The average molecular weight is 427 g/mol. The number of carbonyl (C=O) groups excluding carboxylic acids is 2. The summed E-state index contributed by atoms with van der Waals surface area (Å²) in [5.74, 6) is -0.702. The van der Waals surface area contributed by atoms with E-state index in [1.165, 1.54) is 5.56 Å². The Hall–Kier alpha value is -2.70. The lowest BCUT2D eigenvalue weighted by atomic mass is 10.1. The lowest BCUT2D eigenvalue weighted by Crippen LogP contribution is -2.45. The van der Waals surface area contributed by atoms with Crippen LogP contribution in [0.2, 0.25) is 0 Å². The van der Waals surface area contributed by atoms with E-state index in [1.807, 2.05) is 60.7 Å². The third-order valence-electron chi connectivity index (χ3n) is 5.23. The van der Waals surface area contributed by atoms with E-state index < -0.39 is 24.5 Å². The predicted octanol–water partition coefficient (Wildman–Crippen LogP) is 3.59. The van der Waals surface area contributed by atoms with Crippen molar-refractivity contribution in [1.29, 1.82) is 0 Å². The van der Waals surface area contributed by atoms with Gasteiger partial charge >= 0.3 is 11.9 Å². The van der Waals surface area contributed by atoms with Crippen LogP contribution in [0, 0.1) is 0 Å². The Labute approximate surface area is 183 Å². The van der Waals surface area contributed by atoms with Gasteiger partial charge in [0, 0.05) is 19.3 Å². The Bertz CT molecular complexity index is 807. The van der Waals surface area contributed by atoms with Crippen LogP contribution in [0.1, 0.15) is 43.2 Å². The molecule has 1 N–H and O–H groups in total. The molecule has 1 aliphatic rings. The topological polar surface area (TPSA) is 82.1 Å². The molecule has 0 amide bonds. The molecule has 0 saturated carbocycles. The summed E-state index contributed by atoms with van der Waals surface area (Å²) in [7, 11) is 0. The van der Waals surface area contributed by atoms with Crippen molar-refractivity contribution < 1.29 is 28.9 Å². The molecule has 0 bridgehead atoms. The summed E-state index contributed by atoms with van der Waals surface area (Å²) in [6.07, 6.45) is 1.16. The molecule has 1 aliphatic heterocycles. The van der Waals surface area contributed by atoms with E-state index in [2.05, 4.69) is 0 Å². The number of aliphatic hydroxyl groups excluding tert-OH is 1. The molecule has 166 valence electrons. The SMILES string of the molecule is O=C(CCCc1ccccc1)O[C@@H]1COC(O)[C@H](OC(=O)CCCc2ccccc2)C1. The van der Waals surface area contributed by atoms with Crippen LogP contribution in [0.3, 0.4) is 0 Å². The molecule has 1 saturated heterocycles. The average Bonchev–Trinajstić information content (AvgIpc) is 2.77. The maximum absolute atomic E-state index is 12.2. The summed E-state index contributed by atoms with van der Waals surface area (Å²) in [4.78, 5) is 24.3. The first-order valence-electron chi connectivity index (χ1n) is 10.9. The first kappa shape index (κ1) is 23.0. The molecular formula is C25H30O6. The third-order valence-corrected chi connectivity index (χ3v) is 5.23. The van der Waals surface area contributed by atoms with Crippen molar-refractivity contribution in [3.63, 3.8) is 0 Å². The largest absolute Gasteiger partial charge is 0.460 e. The van der Waals surface area contributed by atoms with E-state index in [9.17, 15) is 14.7 Å². The second-order valence-electron chi connectivity index (χ2n) is 7.78. The van der Waals surface area contributed by atoms with Crippen molar-refractivity contribution in [2.24, 2.45) is 0 Å². The van der Waals surface area contributed by atoms with E-state index in [0.29, 0.717) is 19.3 Å². The molecule has 1 fully saturated rings. The summed E-state index contributed by atoms with van der Waals surface area (Å²) in [5, 5.41) is 10.0. The number of rotatable bonds is 10. The summed E-state index contributed by atoms with van der Waals surface area (Å²) >= 11 is 0. The van der Waals surface area contributed by atoms with Crippen LogP contribution >= 0.6 is 0 Å². The third kappa shape index (κ3) is 8.15. The maximum atomic E-state index is 12.2. The van der Waals surface area contributed by atoms with Gasteiger partial charge in [0.15, 0.2) is 12.4 Å². The second-order valence-corrected chi connectivity index (χ2v) is 7.78. The van der Waals surface area contributed by atoms with Gasteiger partial charge in [-0.15, -0.1) is 0 Å². The minimum Gasteiger partial charge on any atom is -0.460 e. The van der Waals surface area contributed by atoms with Crippen molar-refractivity contribution in [3.8, 4) is 0 Å². The van der Waals surface area contributed by atoms with Gasteiger partial charge in [0.2, 0.25) is 0 Å². The van der Waals surface area contributed by atoms with Gasteiger partial charge in [-0.25, -0.2) is 0 Å². The first-order chi connectivity index (χ1) is 15.1. The number of ether oxygens (including phenoxy) is 3. The number of aryl methyl sites for hydroxylation is 2. The van der Waals surface area contributed by atoms with Gasteiger partial charge in [0.25, 0.3) is 0 Å². The zero-order valence-corrected chi connectivity index (χ0v) is 17.7. The molecule has 6 nitrogen and oxygen atoms in total. The predicted molar refractivity (Wildman–Crippen MR) is 115 cm³/mol. The number of benzene rings is 2. The highest BCUT2D eigenvalue weighted by Gasteiger charge is 2.34. The zero-order chi connectivity index (χ0) is 21.9. The molecule has 0 spiro atoms. The van der Waals surface area contributed by atoms with E-state index >= 15 is 0 Å². The fourth-order valence-corrected chi connectivity index (χ4v) is 3.58. The summed E-state index contributed by atoms with van der Waals surface area (Å²) < 4.78 is 16.1. The molecule has 1 heterocycles. The van der Waals surface area contributed by atoms with E-state index in [0.717, 1.165) is 18.4 Å². The highest BCUT2D eigenvalue weighted by atomic mass is 16.7. The van der Waals surface area contributed by atoms with Crippen molar-refractivity contribution >= 4 is 11.9 Å². The lowest BCUT2D eigenvalue weighted by molar-refractivity contribution is -0.230. The number of carbonyl (C=O) groups is 2. The molecule has 3 rings (SSSR count). The van der Waals surface area contributed by atoms with Gasteiger partial charge in [0.05, 0.1) is 6.61 Å². The van der Waals surface area contributed by atoms with Gasteiger partial charge in [-0.05, 0) is 36.8 Å². The second kappa shape index (κ2) is 12.2. The van der Waals surface area contributed by atoms with E-state index in [4.69, 9.17) is 14.2 Å². The Kier molecular flexibility index (Phi) is 9.06. The van der Waals surface area contributed by atoms with Crippen LogP contribution in [0.5, 0.6) is 0 Å². The van der Waals surface area contributed by atoms with Gasteiger partial charge in [-0.1, -0.05) is 60.7 Å². The highest BCUT2D eigenvalue weighted by Crippen LogP contribution is 2.20. The molecule has 3 atom stereocenters. The molecule has 0 aromatic heterocycles. The molecule has 0 aliphatic carbocycles. The minimum atomic E-state index is -1.20.